The lowest BCUT2D eigenvalue weighted by molar-refractivity contribution is 0.0996. The molecule has 4 rings (SSSR count). The zero-order valence-electron chi connectivity index (χ0n) is 20.5. The van der Waals surface area contributed by atoms with Gasteiger partial charge < -0.3 is 0 Å². The van der Waals surface area contributed by atoms with Crippen molar-refractivity contribution in [2.24, 2.45) is 0 Å². The van der Waals surface area contributed by atoms with Crippen molar-refractivity contribution in [3.63, 3.8) is 0 Å². The number of nitrogens with zero attached hydrogens (tertiary/aromatic N) is 2. The third-order valence-electron chi connectivity index (χ3n) is 6.22. The second kappa shape index (κ2) is 9.69. The highest BCUT2D eigenvalue weighted by Gasteiger charge is 2.28. The molecular weight excluding hydrogens is 484 g/mol. The zero-order valence-corrected chi connectivity index (χ0v) is 20.5. The summed E-state index contributed by atoms with van der Waals surface area (Å²) in [6.07, 6.45) is 0. The minimum absolute atomic E-state index is 0.0314. The van der Waals surface area contributed by atoms with E-state index in [4.69, 9.17) is 0 Å². The molecule has 0 aliphatic carbocycles. The minimum atomic E-state index is -0.997. The van der Waals surface area contributed by atoms with Gasteiger partial charge in [0.2, 0.25) is 0 Å². The van der Waals surface area contributed by atoms with Gasteiger partial charge in [-0.05, 0) is 76.2 Å². The van der Waals surface area contributed by atoms with Crippen LogP contribution >= 0.6 is 0 Å². The average Bonchev–Trinajstić information content (AvgIpc) is 2.84. The highest BCUT2D eigenvalue weighted by molar-refractivity contribution is 5.96. The van der Waals surface area contributed by atoms with E-state index in [1.54, 1.807) is 36.4 Å². The maximum Gasteiger partial charge on any atom is 0.165 e. The molecule has 0 aliphatic heterocycles. The average molecular weight is 506 g/mol. The molecule has 0 saturated carbocycles. The summed E-state index contributed by atoms with van der Waals surface area (Å²) >= 11 is 0. The maximum absolute atomic E-state index is 15.0. The van der Waals surface area contributed by atoms with Crippen molar-refractivity contribution in [2.45, 2.75) is 33.1 Å². The monoisotopic (exact) mass is 506 g/mol. The summed E-state index contributed by atoms with van der Waals surface area (Å²) in [6, 6.07) is 14.3. The first kappa shape index (κ1) is 25.9. The van der Waals surface area contributed by atoms with Gasteiger partial charge in [-0.3, -0.25) is 19.6 Å². The van der Waals surface area contributed by atoms with Gasteiger partial charge in [0.25, 0.3) is 0 Å². The van der Waals surface area contributed by atoms with Crippen LogP contribution in [0.15, 0.2) is 60.7 Å². The molecule has 0 fully saturated rings. The molecule has 0 bridgehead atoms. The predicted octanol–water partition coefficient (Wildman–Crippen LogP) is 7.10. The molecule has 0 N–H and O–H groups in total. The Bertz CT molecular complexity index is 1450. The molecule has 8 heteroatoms. The molecule has 0 unspecified atom stereocenters. The van der Waals surface area contributed by atoms with E-state index in [1.807, 2.05) is 13.8 Å². The Hall–Kier alpha value is -4.20. The Morgan fingerprint density at radius 1 is 0.622 bits per heavy atom. The van der Waals surface area contributed by atoms with E-state index in [0.29, 0.717) is 11.4 Å². The summed E-state index contributed by atoms with van der Waals surface area (Å²) in [5.41, 5.74) is -0.860. The molecule has 0 aliphatic rings. The summed E-state index contributed by atoms with van der Waals surface area (Å²) in [5, 5.41) is 0. The quantitative estimate of drug-likeness (QED) is 0.207. The molecule has 4 aromatic rings. The van der Waals surface area contributed by atoms with Gasteiger partial charge in [0.1, 0.15) is 23.3 Å². The van der Waals surface area contributed by atoms with Gasteiger partial charge >= 0.3 is 0 Å². The first-order valence-corrected chi connectivity index (χ1v) is 11.4. The van der Waals surface area contributed by atoms with Crippen molar-refractivity contribution in [3.05, 3.63) is 106 Å². The van der Waals surface area contributed by atoms with E-state index < -0.39 is 51.4 Å². The SMILES string of the molecule is CC(=O)c1c(F)ccc(-c2cccc(C(C)(C)c3cccc(-c4ccc(F)c(C(C)=O)c4F)n3)n2)c1F. The Labute approximate surface area is 211 Å². The number of hydrogen-bond donors (Lipinski definition) is 0. The second-order valence-electron chi connectivity index (χ2n) is 9.12. The molecule has 0 spiro atoms. The number of carbonyl (C=O) groups excluding carboxylic acids is 2. The first-order valence-electron chi connectivity index (χ1n) is 11.4. The summed E-state index contributed by atoms with van der Waals surface area (Å²) in [5.74, 6) is -5.38. The van der Waals surface area contributed by atoms with Crippen LogP contribution in [0.25, 0.3) is 22.5 Å². The normalized spacial score (nSPS) is 11.5. The van der Waals surface area contributed by atoms with E-state index in [9.17, 15) is 18.4 Å². The molecule has 37 heavy (non-hydrogen) atoms. The lowest BCUT2D eigenvalue weighted by Crippen LogP contribution is -2.22. The van der Waals surface area contributed by atoms with Crippen LogP contribution in [-0.4, -0.2) is 21.5 Å². The number of aromatic nitrogens is 2. The third-order valence-corrected chi connectivity index (χ3v) is 6.22. The Balaban J connectivity index is 1.79. The number of carbonyl (C=O) groups is 2. The molecule has 4 nitrogen and oxygen atoms in total. The van der Waals surface area contributed by atoms with Crippen molar-refractivity contribution in [2.75, 3.05) is 0 Å². The van der Waals surface area contributed by atoms with Crippen LogP contribution in [-0.2, 0) is 5.41 Å². The van der Waals surface area contributed by atoms with Gasteiger partial charge in [-0.2, -0.15) is 0 Å². The highest BCUT2D eigenvalue weighted by Crippen LogP contribution is 2.34. The smallest absolute Gasteiger partial charge is 0.165 e. The van der Waals surface area contributed by atoms with Crippen LogP contribution in [0.5, 0.6) is 0 Å². The molecule has 2 aromatic heterocycles. The van der Waals surface area contributed by atoms with Crippen molar-refractivity contribution in [1.82, 2.24) is 9.97 Å². The van der Waals surface area contributed by atoms with E-state index in [2.05, 4.69) is 9.97 Å². The van der Waals surface area contributed by atoms with E-state index in [0.717, 1.165) is 26.0 Å². The van der Waals surface area contributed by atoms with Gasteiger partial charge in [0.15, 0.2) is 11.6 Å². The van der Waals surface area contributed by atoms with E-state index in [-0.39, 0.29) is 22.5 Å². The predicted molar refractivity (Wildman–Crippen MR) is 131 cm³/mol. The van der Waals surface area contributed by atoms with Crippen molar-refractivity contribution in [1.29, 1.82) is 0 Å². The summed E-state index contributed by atoms with van der Waals surface area (Å²) in [7, 11) is 0. The number of halogens is 4. The maximum atomic E-state index is 15.0. The number of Topliss-reactive ketones (excluding diaryl/α,β-unsaturated/α-hetero) is 2. The van der Waals surface area contributed by atoms with Crippen LogP contribution in [0, 0.1) is 23.3 Å². The molecule has 2 heterocycles. The Kier molecular flexibility index (Phi) is 6.78. The lowest BCUT2D eigenvalue weighted by Gasteiger charge is -2.25. The summed E-state index contributed by atoms with van der Waals surface area (Å²) in [4.78, 5) is 32.7. The standard InChI is InChI=1S/C29H22F4N2O2/c1-15(36)25-19(30)13-11-17(27(25)32)21-7-5-9-23(34-21)29(3,4)24-10-6-8-22(35-24)18-12-14-20(31)26(16(2)37)28(18)33/h5-14H,1-4H3. The first-order chi connectivity index (χ1) is 17.4. The van der Waals surface area contributed by atoms with Crippen molar-refractivity contribution < 1.29 is 27.2 Å². The summed E-state index contributed by atoms with van der Waals surface area (Å²) < 4.78 is 58.1. The number of benzene rings is 2. The van der Waals surface area contributed by atoms with Gasteiger partial charge in [-0.15, -0.1) is 0 Å². The number of hydrogen-bond acceptors (Lipinski definition) is 4. The van der Waals surface area contributed by atoms with Crippen molar-refractivity contribution >= 4 is 11.6 Å². The highest BCUT2D eigenvalue weighted by atomic mass is 19.1. The number of rotatable bonds is 6. The van der Waals surface area contributed by atoms with Crippen molar-refractivity contribution in [3.8, 4) is 22.5 Å². The fourth-order valence-corrected chi connectivity index (χ4v) is 4.14. The van der Waals surface area contributed by atoms with Crippen LogP contribution < -0.4 is 0 Å². The Morgan fingerprint density at radius 2 is 1.00 bits per heavy atom. The second-order valence-corrected chi connectivity index (χ2v) is 9.12. The minimum Gasteiger partial charge on any atom is -0.294 e. The largest absolute Gasteiger partial charge is 0.294 e. The molecule has 0 amide bonds. The third kappa shape index (κ3) is 4.67. The van der Waals surface area contributed by atoms with E-state index >= 15 is 8.78 Å². The molecular formula is C29H22F4N2O2. The van der Waals surface area contributed by atoms with Crippen LogP contribution in [0.1, 0.15) is 59.8 Å². The molecule has 0 radical (unpaired) electrons. The number of pyridine rings is 2. The summed E-state index contributed by atoms with van der Waals surface area (Å²) in [6.45, 7) is 5.80. The van der Waals surface area contributed by atoms with Gasteiger partial charge in [-0.1, -0.05) is 12.1 Å². The van der Waals surface area contributed by atoms with Crippen LogP contribution in [0.2, 0.25) is 0 Å². The van der Waals surface area contributed by atoms with E-state index in [1.165, 1.54) is 12.1 Å². The number of ketones is 2. The van der Waals surface area contributed by atoms with Gasteiger partial charge in [-0.25, -0.2) is 17.6 Å². The Morgan fingerprint density at radius 3 is 1.35 bits per heavy atom. The topological polar surface area (TPSA) is 59.9 Å². The zero-order chi connectivity index (χ0) is 27.1. The lowest BCUT2D eigenvalue weighted by atomic mass is 9.84. The van der Waals surface area contributed by atoms with Crippen LogP contribution in [0.3, 0.4) is 0 Å². The fraction of sp³-hybridized carbons (Fsp3) is 0.172. The fourth-order valence-electron chi connectivity index (χ4n) is 4.14. The molecule has 0 saturated heterocycles. The van der Waals surface area contributed by atoms with Gasteiger partial charge in [0, 0.05) is 16.5 Å². The molecule has 0 atom stereocenters. The molecule has 2 aromatic carbocycles. The van der Waals surface area contributed by atoms with Gasteiger partial charge in [0.05, 0.1) is 33.9 Å². The molecule has 188 valence electrons. The van der Waals surface area contributed by atoms with Crippen LogP contribution in [0.4, 0.5) is 17.6 Å².